The van der Waals surface area contributed by atoms with Crippen LogP contribution in [0.3, 0.4) is 0 Å². The number of thioether (sulfide) groups is 1. The minimum Gasteiger partial charge on any atom is -0.272 e. The van der Waals surface area contributed by atoms with Crippen molar-refractivity contribution in [2.45, 2.75) is 5.16 Å². The van der Waals surface area contributed by atoms with Crippen LogP contribution in [0.2, 0.25) is 0 Å². The van der Waals surface area contributed by atoms with Crippen LogP contribution in [0.15, 0.2) is 111 Å². The van der Waals surface area contributed by atoms with Crippen LogP contribution in [0.25, 0.3) is 27.4 Å². The van der Waals surface area contributed by atoms with Gasteiger partial charge in [-0.05, 0) is 47.2 Å². The topological polar surface area (TPSA) is 76.3 Å². The molecule has 0 saturated heterocycles. The number of hydrogen-bond acceptors (Lipinski definition) is 5. The van der Waals surface area contributed by atoms with Gasteiger partial charge in [-0.2, -0.15) is 5.10 Å². The largest absolute Gasteiger partial charge is 0.272 e. The molecule has 5 rings (SSSR count). The van der Waals surface area contributed by atoms with Crippen LogP contribution in [-0.4, -0.2) is 27.4 Å². The molecule has 0 aliphatic heterocycles. The molecule has 0 fully saturated rings. The third-order valence-corrected chi connectivity index (χ3v) is 6.85. The van der Waals surface area contributed by atoms with E-state index in [4.69, 9.17) is 0 Å². The summed E-state index contributed by atoms with van der Waals surface area (Å²) in [5, 5.41) is 7.24. The number of hydrogen-bond donors (Lipinski definition) is 1. The van der Waals surface area contributed by atoms with Gasteiger partial charge in [0.05, 0.1) is 28.6 Å². The highest BCUT2D eigenvalue weighted by Gasteiger charge is 2.14. The summed E-state index contributed by atoms with van der Waals surface area (Å²) in [4.78, 5) is 30.5. The molecule has 172 valence electrons. The van der Waals surface area contributed by atoms with E-state index in [1.54, 1.807) is 18.3 Å². The van der Waals surface area contributed by atoms with E-state index in [1.165, 1.54) is 16.3 Å². The molecule has 1 N–H and O–H groups in total. The fourth-order valence-electron chi connectivity index (χ4n) is 3.73. The Bertz CT molecular complexity index is 1630. The number of para-hydroxylation sites is 1. The molecule has 4 aromatic carbocycles. The molecular weight excluding hydrogens is 524 g/mol. The Morgan fingerprint density at radius 2 is 1.66 bits per heavy atom. The molecular formula is C27H19BrN4O2S. The average Bonchev–Trinajstić information content (AvgIpc) is 2.88. The highest BCUT2D eigenvalue weighted by molar-refractivity contribution is 9.10. The second-order valence-corrected chi connectivity index (χ2v) is 9.54. The van der Waals surface area contributed by atoms with Gasteiger partial charge in [-0.25, -0.2) is 10.4 Å². The van der Waals surface area contributed by atoms with Gasteiger partial charge < -0.3 is 0 Å². The number of benzene rings is 4. The minimum atomic E-state index is -0.295. The Morgan fingerprint density at radius 3 is 2.49 bits per heavy atom. The minimum absolute atomic E-state index is 0.0498. The van der Waals surface area contributed by atoms with Gasteiger partial charge in [0.1, 0.15) is 0 Å². The van der Waals surface area contributed by atoms with E-state index in [0.717, 1.165) is 20.8 Å². The number of hydrazone groups is 1. The van der Waals surface area contributed by atoms with Gasteiger partial charge in [-0.1, -0.05) is 82.3 Å². The Balaban J connectivity index is 1.37. The van der Waals surface area contributed by atoms with E-state index in [9.17, 15) is 9.59 Å². The summed E-state index contributed by atoms with van der Waals surface area (Å²) in [6, 6.07) is 28.5. The predicted octanol–water partition coefficient (Wildman–Crippen LogP) is 5.54. The van der Waals surface area contributed by atoms with Gasteiger partial charge in [0, 0.05) is 10.0 Å². The Labute approximate surface area is 213 Å². The van der Waals surface area contributed by atoms with Gasteiger partial charge in [-0.3, -0.25) is 14.2 Å². The van der Waals surface area contributed by atoms with Crippen molar-refractivity contribution in [2.24, 2.45) is 5.10 Å². The first-order valence-electron chi connectivity index (χ1n) is 10.8. The number of nitrogens with one attached hydrogen (secondary N) is 1. The smallest absolute Gasteiger partial charge is 0.266 e. The molecule has 1 aromatic heterocycles. The second kappa shape index (κ2) is 10.2. The molecule has 0 unspecified atom stereocenters. The maximum absolute atomic E-state index is 13.3. The lowest BCUT2D eigenvalue weighted by molar-refractivity contribution is -0.118. The summed E-state index contributed by atoms with van der Waals surface area (Å²) < 4.78 is 2.44. The van der Waals surface area contributed by atoms with E-state index in [1.807, 2.05) is 78.9 Å². The van der Waals surface area contributed by atoms with Gasteiger partial charge in [0.25, 0.3) is 11.5 Å². The summed E-state index contributed by atoms with van der Waals surface area (Å²) >= 11 is 4.61. The first-order valence-corrected chi connectivity index (χ1v) is 12.6. The van der Waals surface area contributed by atoms with Crippen molar-refractivity contribution < 1.29 is 4.79 Å². The van der Waals surface area contributed by atoms with Gasteiger partial charge >= 0.3 is 0 Å². The van der Waals surface area contributed by atoms with E-state index in [-0.39, 0.29) is 17.2 Å². The normalized spacial score (nSPS) is 11.3. The van der Waals surface area contributed by atoms with Crippen molar-refractivity contribution in [3.8, 4) is 5.69 Å². The summed E-state index contributed by atoms with van der Waals surface area (Å²) in [7, 11) is 0. The zero-order valence-electron chi connectivity index (χ0n) is 18.4. The van der Waals surface area contributed by atoms with Crippen molar-refractivity contribution in [1.29, 1.82) is 0 Å². The molecule has 0 aliphatic carbocycles. The summed E-state index contributed by atoms with van der Waals surface area (Å²) in [6.07, 6.45) is 1.64. The highest BCUT2D eigenvalue weighted by atomic mass is 79.9. The number of fused-ring (bicyclic) bond motifs is 2. The standard InChI is InChI=1S/C27H19BrN4O2S/c28-20-12-14-21(15-13-20)32-26(34)23-10-3-4-11-24(23)30-27(32)35-17-25(33)31-29-16-19-8-5-7-18-6-1-2-9-22(18)19/h1-16H,17H2,(H,31,33)/b29-16+. The third kappa shape index (κ3) is 5.03. The van der Waals surface area contributed by atoms with Gasteiger partial charge in [0.2, 0.25) is 0 Å². The number of nitrogens with zero attached hydrogens (tertiary/aromatic N) is 3. The molecule has 1 heterocycles. The van der Waals surface area contributed by atoms with Crippen molar-refractivity contribution in [3.05, 3.63) is 111 Å². The highest BCUT2D eigenvalue weighted by Crippen LogP contribution is 2.22. The SMILES string of the molecule is O=C(CSc1nc2ccccc2c(=O)n1-c1ccc(Br)cc1)N/N=C/c1cccc2ccccc12. The Morgan fingerprint density at radius 1 is 0.943 bits per heavy atom. The van der Waals surface area contributed by atoms with Crippen LogP contribution in [0.5, 0.6) is 0 Å². The van der Waals surface area contributed by atoms with Crippen LogP contribution in [-0.2, 0) is 4.79 Å². The maximum Gasteiger partial charge on any atom is 0.266 e. The fraction of sp³-hybridized carbons (Fsp3) is 0.0370. The Kier molecular flexibility index (Phi) is 6.74. The molecule has 0 atom stereocenters. The van der Waals surface area contributed by atoms with Crippen LogP contribution in [0, 0.1) is 0 Å². The van der Waals surface area contributed by atoms with Gasteiger partial charge in [0.15, 0.2) is 5.16 Å². The monoisotopic (exact) mass is 542 g/mol. The summed E-state index contributed by atoms with van der Waals surface area (Å²) in [5.41, 5.74) is 4.56. The lowest BCUT2D eigenvalue weighted by Crippen LogP contribution is -2.24. The summed E-state index contributed by atoms with van der Waals surface area (Å²) in [5.74, 6) is -0.245. The molecule has 8 heteroatoms. The van der Waals surface area contributed by atoms with Gasteiger partial charge in [-0.15, -0.1) is 0 Å². The number of carbonyl (C=O) groups excluding carboxylic acids is 1. The van der Waals surface area contributed by atoms with Crippen LogP contribution >= 0.6 is 27.7 Å². The van der Waals surface area contributed by atoms with Crippen LogP contribution in [0.1, 0.15) is 5.56 Å². The second-order valence-electron chi connectivity index (χ2n) is 7.68. The third-order valence-electron chi connectivity index (χ3n) is 5.38. The number of carbonyl (C=O) groups is 1. The number of halogens is 1. The number of aromatic nitrogens is 2. The van der Waals surface area contributed by atoms with Crippen LogP contribution < -0.4 is 11.0 Å². The Hall–Kier alpha value is -3.75. The van der Waals surface area contributed by atoms with Crippen LogP contribution in [0.4, 0.5) is 0 Å². The summed E-state index contributed by atoms with van der Waals surface area (Å²) in [6.45, 7) is 0. The van der Waals surface area contributed by atoms with Crippen molar-refractivity contribution >= 4 is 61.5 Å². The molecule has 0 spiro atoms. The zero-order valence-corrected chi connectivity index (χ0v) is 20.8. The lowest BCUT2D eigenvalue weighted by Gasteiger charge is -2.13. The number of amides is 1. The molecule has 0 radical (unpaired) electrons. The predicted molar refractivity (Wildman–Crippen MR) is 145 cm³/mol. The molecule has 5 aromatic rings. The molecule has 35 heavy (non-hydrogen) atoms. The average molecular weight is 543 g/mol. The molecule has 6 nitrogen and oxygen atoms in total. The lowest BCUT2D eigenvalue weighted by atomic mass is 10.1. The quantitative estimate of drug-likeness (QED) is 0.132. The van der Waals surface area contributed by atoms with E-state index >= 15 is 0 Å². The fourth-order valence-corrected chi connectivity index (χ4v) is 4.80. The van der Waals surface area contributed by atoms with E-state index in [0.29, 0.717) is 21.7 Å². The molecule has 0 aliphatic rings. The number of rotatable bonds is 6. The van der Waals surface area contributed by atoms with E-state index in [2.05, 4.69) is 31.4 Å². The maximum atomic E-state index is 13.3. The molecule has 1 amide bonds. The van der Waals surface area contributed by atoms with Crippen molar-refractivity contribution in [3.63, 3.8) is 0 Å². The van der Waals surface area contributed by atoms with E-state index < -0.39 is 0 Å². The van der Waals surface area contributed by atoms with Crippen molar-refractivity contribution in [1.82, 2.24) is 15.0 Å². The molecule has 0 saturated carbocycles. The first-order chi connectivity index (χ1) is 17.1. The zero-order chi connectivity index (χ0) is 24.2. The van der Waals surface area contributed by atoms with Crippen molar-refractivity contribution in [2.75, 3.05) is 5.75 Å². The molecule has 0 bridgehead atoms. The first kappa shape index (κ1) is 23.0.